The Hall–Kier alpha value is -1.92. The smallest absolute Gasteiger partial charge is 0.338 e. The zero-order valence-electron chi connectivity index (χ0n) is 12.0. The molecule has 1 fully saturated rings. The number of amides is 1. The summed E-state index contributed by atoms with van der Waals surface area (Å²) in [7, 11) is 0. The van der Waals surface area contributed by atoms with Gasteiger partial charge in [-0.3, -0.25) is 4.79 Å². The van der Waals surface area contributed by atoms with Gasteiger partial charge in [-0.15, -0.1) is 0 Å². The quantitative estimate of drug-likeness (QED) is 0.798. The number of hydrogen-bond donors (Lipinski definition) is 2. The van der Waals surface area contributed by atoms with Crippen LogP contribution < -0.4 is 11.1 Å². The Morgan fingerprint density at radius 3 is 2.90 bits per heavy atom. The third kappa shape index (κ3) is 4.03. The van der Waals surface area contributed by atoms with E-state index in [0.29, 0.717) is 30.8 Å². The second-order valence-electron chi connectivity index (χ2n) is 4.85. The molecule has 1 saturated heterocycles. The van der Waals surface area contributed by atoms with Crippen LogP contribution in [-0.4, -0.2) is 37.2 Å². The van der Waals surface area contributed by atoms with Crippen LogP contribution in [0.1, 0.15) is 30.1 Å². The van der Waals surface area contributed by atoms with E-state index in [0.717, 1.165) is 6.42 Å². The predicted molar refractivity (Wildman–Crippen MR) is 78.0 cm³/mol. The van der Waals surface area contributed by atoms with Gasteiger partial charge in [0.15, 0.2) is 0 Å². The fraction of sp³-hybridized carbons (Fsp3) is 0.467. The summed E-state index contributed by atoms with van der Waals surface area (Å²) < 4.78 is 10.5. The largest absolute Gasteiger partial charge is 0.462 e. The van der Waals surface area contributed by atoms with Gasteiger partial charge >= 0.3 is 5.97 Å². The maximum atomic E-state index is 12.1. The maximum absolute atomic E-state index is 12.1. The zero-order chi connectivity index (χ0) is 15.2. The van der Waals surface area contributed by atoms with Gasteiger partial charge in [0, 0.05) is 12.2 Å². The van der Waals surface area contributed by atoms with Crippen molar-refractivity contribution in [2.75, 3.05) is 18.5 Å². The third-order valence-electron chi connectivity index (χ3n) is 3.30. The van der Waals surface area contributed by atoms with Gasteiger partial charge in [0.2, 0.25) is 0 Å². The Morgan fingerprint density at radius 2 is 2.24 bits per heavy atom. The van der Waals surface area contributed by atoms with Gasteiger partial charge in [-0.2, -0.15) is 0 Å². The summed E-state index contributed by atoms with van der Waals surface area (Å²) in [6.45, 7) is 2.47. The van der Waals surface area contributed by atoms with E-state index in [4.69, 9.17) is 15.2 Å². The van der Waals surface area contributed by atoms with E-state index in [9.17, 15) is 9.59 Å². The van der Waals surface area contributed by atoms with E-state index in [-0.39, 0.29) is 12.0 Å². The van der Waals surface area contributed by atoms with Crippen LogP contribution in [0.5, 0.6) is 0 Å². The Kier molecular flexibility index (Phi) is 5.30. The molecule has 2 rings (SSSR count). The van der Waals surface area contributed by atoms with Crippen molar-refractivity contribution in [1.29, 1.82) is 0 Å². The number of nitrogens with two attached hydrogens (primary N) is 1. The molecule has 2 atom stereocenters. The number of anilines is 1. The van der Waals surface area contributed by atoms with Crippen molar-refractivity contribution in [2.45, 2.75) is 32.0 Å². The second kappa shape index (κ2) is 7.19. The SMILES string of the molecule is CCOC(=O)c1cccc(NC(=O)C2CCC(CN)O2)c1. The van der Waals surface area contributed by atoms with E-state index in [2.05, 4.69) is 5.32 Å². The van der Waals surface area contributed by atoms with Crippen LogP contribution in [0.2, 0.25) is 0 Å². The van der Waals surface area contributed by atoms with Crippen LogP contribution in [0.3, 0.4) is 0 Å². The molecule has 6 heteroatoms. The number of carbonyl (C=O) groups excluding carboxylic acids is 2. The van der Waals surface area contributed by atoms with Gasteiger partial charge < -0.3 is 20.5 Å². The molecule has 1 aliphatic rings. The normalized spacial score (nSPS) is 21.0. The number of rotatable bonds is 5. The molecule has 114 valence electrons. The third-order valence-corrected chi connectivity index (χ3v) is 3.30. The van der Waals surface area contributed by atoms with Crippen molar-refractivity contribution < 1.29 is 19.1 Å². The molecule has 2 unspecified atom stereocenters. The monoisotopic (exact) mass is 292 g/mol. The molecular formula is C15H20N2O4. The van der Waals surface area contributed by atoms with Gasteiger partial charge in [-0.1, -0.05) is 6.07 Å². The van der Waals surface area contributed by atoms with Crippen LogP contribution in [0.15, 0.2) is 24.3 Å². The molecule has 1 aromatic carbocycles. The topological polar surface area (TPSA) is 90.7 Å². The van der Waals surface area contributed by atoms with Crippen molar-refractivity contribution in [3.8, 4) is 0 Å². The molecule has 1 amide bonds. The summed E-state index contributed by atoms with van der Waals surface area (Å²) in [6, 6.07) is 6.64. The van der Waals surface area contributed by atoms with Gasteiger partial charge in [-0.05, 0) is 38.0 Å². The van der Waals surface area contributed by atoms with Crippen molar-refractivity contribution in [1.82, 2.24) is 0 Å². The molecule has 0 saturated carbocycles. The first-order valence-corrected chi connectivity index (χ1v) is 7.07. The van der Waals surface area contributed by atoms with Crippen molar-refractivity contribution >= 4 is 17.6 Å². The summed E-state index contributed by atoms with van der Waals surface area (Å²) in [4.78, 5) is 23.7. The highest BCUT2D eigenvalue weighted by molar-refractivity contribution is 5.96. The van der Waals surface area contributed by atoms with Crippen LogP contribution in [0, 0.1) is 0 Å². The van der Waals surface area contributed by atoms with Gasteiger partial charge in [-0.25, -0.2) is 4.79 Å². The molecule has 3 N–H and O–H groups in total. The maximum Gasteiger partial charge on any atom is 0.338 e. The van der Waals surface area contributed by atoms with Gasteiger partial charge in [0.05, 0.1) is 18.3 Å². The van der Waals surface area contributed by atoms with Crippen LogP contribution in [0.25, 0.3) is 0 Å². The number of ether oxygens (including phenoxy) is 2. The Bertz CT molecular complexity index is 518. The molecule has 0 radical (unpaired) electrons. The minimum atomic E-state index is -0.482. The van der Waals surface area contributed by atoms with Crippen molar-refractivity contribution in [3.63, 3.8) is 0 Å². The highest BCUT2D eigenvalue weighted by Crippen LogP contribution is 2.21. The predicted octanol–water partition coefficient (Wildman–Crippen LogP) is 1.31. The molecule has 0 aliphatic carbocycles. The zero-order valence-corrected chi connectivity index (χ0v) is 12.0. The van der Waals surface area contributed by atoms with E-state index >= 15 is 0 Å². The highest BCUT2D eigenvalue weighted by atomic mass is 16.5. The van der Waals surface area contributed by atoms with E-state index in [1.54, 1.807) is 31.2 Å². The van der Waals surface area contributed by atoms with Crippen LogP contribution >= 0.6 is 0 Å². The summed E-state index contributed by atoms with van der Waals surface area (Å²) in [6.07, 6.45) is 0.916. The molecular weight excluding hydrogens is 272 g/mol. The number of benzene rings is 1. The Labute approximate surface area is 123 Å². The Morgan fingerprint density at radius 1 is 1.43 bits per heavy atom. The lowest BCUT2D eigenvalue weighted by Crippen LogP contribution is -2.29. The Balaban J connectivity index is 1.98. The fourth-order valence-electron chi connectivity index (χ4n) is 2.23. The second-order valence-corrected chi connectivity index (χ2v) is 4.85. The first kappa shape index (κ1) is 15.5. The van der Waals surface area contributed by atoms with Crippen LogP contribution in [-0.2, 0) is 14.3 Å². The molecule has 1 aromatic rings. The minimum Gasteiger partial charge on any atom is -0.462 e. The average Bonchev–Trinajstić information content (AvgIpc) is 2.97. The number of hydrogen-bond acceptors (Lipinski definition) is 5. The summed E-state index contributed by atoms with van der Waals surface area (Å²) in [5.74, 6) is -0.624. The lowest BCUT2D eigenvalue weighted by Gasteiger charge is -2.13. The van der Waals surface area contributed by atoms with E-state index < -0.39 is 12.1 Å². The number of carbonyl (C=O) groups is 2. The first-order valence-electron chi connectivity index (χ1n) is 7.07. The minimum absolute atomic E-state index is 0.0494. The van der Waals surface area contributed by atoms with E-state index in [1.165, 1.54) is 0 Å². The fourth-order valence-corrected chi connectivity index (χ4v) is 2.23. The van der Waals surface area contributed by atoms with Gasteiger partial charge in [0.1, 0.15) is 6.10 Å². The lowest BCUT2D eigenvalue weighted by molar-refractivity contribution is -0.126. The summed E-state index contributed by atoms with van der Waals surface area (Å²) >= 11 is 0. The molecule has 6 nitrogen and oxygen atoms in total. The summed E-state index contributed by atoms with van der Waals surface area (Å²) in [5.41, 5.74) is 6.47. The van der Waals surface area contributed by atoms with E-state index in [1.807, 2.05) is 0 Å². The van der Waals surface area contributed by atoms with Crippen molar-refractivity contribution in [3.05, 3.63) is 29.8 Å². The molecule has 1 heterocycles. The first-order chi connectivity index (χ1) is 10.1. The standard InChI is InChI=1S/C15H20N2O4/c1-2-20-15(19)10-4-3-5-11(8-10)17-14(18)13-7-6-12(9-16)21-13/h3-5,8,12-13H,2,6-7,9,16H2,1H3,(H,17,18). The van der Waals surface area contributed by atoms with Gasteiger partial charge in [0.25, 0.3) is 5.91 Å². The number of nitrogens with one attached hydrogen (secondary N) is 1. The molecule has 1 aliphatic heterocycles. The summed E-state index contributed by atoms with van der Waals surface area (Å²) in [5, 5.41) is 2.75. The number of esters is 1. The average molecular weight is 292 g/mol. The molecule has 0 aromatic heterocycles. The lowest BCUT2D eigenvalue weighted by atomic mass is 10.1. The molecule has 0 spiro atoms. The highest BCUT2D eigenvalue weighted by Gasteiger charge is 2.29. The van der Waals surface area contributed by atoms with Crippen molar-refractivity contribution in [2.24, 2.45) is 5.73 Å². The molecule has 0 bridgehead atoms. The van der Waals surface area contributed by atoms with Crippen LogP contribution in [0.4, 0.5) is 5.69 Å². The molecule has 21 heavy (non-hydrogen) atoms.